The number of nitrogens with zero attached hydrogens (tertiary/aromatic N) is 2. The van der Waals surface area contributed by atoms with Crippen molar-refractivity contribution in [3.63, 3.8) is 0 Å². The fourth-order valence-electron chi connectivity index (χ4n) is 5.67. The Labute approximate surface area is 191 Å². The lowest BCUT2D eigenvalue weighted by Gasteiger charge is -2.44. The van der Waals surface area contributed by atoms with E-state index in [4.69, 9.17) is 0 Å². The van der Waals surface area contributed by atoms with Crippen molar-refractivity contribution in [2.45, 2.75) is 63.7 Å². The first-order chi connectivity index (χ1) is 14.9. The van der Waals surface area contributed by atoms with E-state index in [-0.39, 0.29) is 0 Å². The van der Waals surface area contributed by atoms with Gasteiger partial charge >= 0.3 is 0 Å². The van der Waals surface area contributed by atoms with Crippen molar-refractivity contribution in [1.29, 1.82) is 0 Å². The molecule has 2 aliphatic carbocycles. The van der Waals surface area contributed by atoms with Gasteiger partial charge in [0.15, 0.2) is 0 Å². The molecule has 31 heavy (non-hydrogen) atoms. The molecule has 0 atom stereocenters. The number of hydrogen-bond donors (Lipinski definition) is 0. The third-order valence-corrected chi connectivity index (χ3v) is 8.21. The van der Waals surface area contributed by atoms with E-state index in [9.17, 15) is 0 Å². The fourth-order valence-corrected chi connectivity index (χ4v) is 5.67. The van der Waals surface area contributed by atoms with Crippen LogP contribution in [0, 0.1) is 0 Å². The molecule has 0 bridgehead atoms. The number of benzene rings is 2. The van der Waals surface area contributed by atoms with Gasteiger partial charge in [0, 0.05) is 17.4 Å². The van der Waals surface area contributed by atoms with Crippen molar-refractivity contribution in [3.05, 3.63) is 71.8 Å². The van der Waals surface area contributed by atoms with Crippen molar-refractivity contribution in [2.24, 2.45) is 0 Å². The molecule has 2 aromatic carbocycles. The Morgan fingerprint density at radius 1 is 0.677 bits per heavy atom. The molecule has 0 spiro atoms. The standard InChI is InChI=1S/C16H26N.C13H19N/c1-4-17(5-2,6-3)14-16(12-13-16)15-10-8-7-9-11-15;1-14(2)11-13(9-6-10-13)12-7-4-3-5-8-12/h7-11H,4-6,12-14H2,1-3H3;3-5,7-8H,6,9-11H2,1-2H3/q+1;. The minimum Gasteiger partial charge on any atom is -0.324 e. The summed E-state index contributed by atoms with van der Waals surface area (Å²) in [6.07, 6.45) is 6.88. The molecule has 2 fully saturated rings. The summed E-state index contributed by atoms with van der Waals surface area (Å²) in [6, 6.07) is 22.1. The van der Waals surface area contributed by atoms with E-state index in [1.807, 2.05) is 0 Å². The van der Waals surface area contributed by atoms with E-state index in [2.05, 4.69) is 100 Å². The lowest BCUT2D eigenvalue weighted by atomic mass is 9.64. The highest BCUT2D eigenvalue weighted by Crippen LogP contribution is 2.49. The van der Waals surface area contributed by atoms with Crippen molar-refractivity contribution in [3.8, 4) is 0 Å². The van der Waals surface area contributed by atoms with E-state index in [1.165, 1.54) is 74.9 Å². The van der Waals surface area contributed by atoms with Crippen LogP contribution in [-0.2, 0) is 10.8 Å². The van der Waals surface area contributed by atoms with E-state index in [1.54, 1.807) is 5.56 Å². The quantitative estimate of drug-likeness (QED) is 0.432. The molecule has 2 nitrogen and oxygen atoms in total. The number of hydrogen-bond acceptors (Lipinski definition) is 1. The molecule has 2 aliphatic rings. The summed E-state index contributed by atoms with van der Waals surface area (Å²) in [4.78, 5) is 2.31. The average molecular weight is 422 g/mol. The Balaban J connectivity index is 0.000000179. The summed E-state index contributed by atoms with van der Waals surface area (Å²) >= 11 is 0. The van der Waals surface area contributed by atoms with E-state index in [0.717, 1.165) is 0 Å². The molecule has 0 N–H and O–H groups in total. The second-order valence-electron chi connectivity index (χ2n) is 10.3. The van der Waals surface area contributed by atoms with Crippen LogP contribution in [0.15, 0.2) is 60.7 Å². The zero-order valence-electron chi connectivity index (χ0n) is 20.7. The van der Waals surface area contributed by atoms with Crippen LogP contribution < -0.4 is 0 Å². The van der Waals surface area contributed by atoms with Crippen LogP contribution in [0.5, 0.6) is 0 Å². The van der Waals surface area contributed by atoms with Gasteiger partial charge in [0.05, 0.1) is 26.2 Å². The van der Waals surface area contributed by atoms with Crippen LogP contribution in [0.3, 0.4) is 0 Å². The third-order valence-electron chi connectivity index (χ3n) is 8.21. The lowest BCUT2D eigenvalue weighted by Crippen LogP contribution is -2.51. The first-order valence-corrected chi connectivity index (χ1v) is 12.5. The highest BCUT2D eigenvalue weighted by atomic mass is 15.3. The Kier molecular flexibility index (Phi) is 7.99. The van der Waals surface area contributed by atoms with Gasteiger partial charge in [0.1, 0.15) is 0 Å². The van der Waals surface area contributed by atoms with E-state index in [0.29, 0.717) is 10.8 Å². The van der Waals surface area contributed by atoms with Gasteiger partial charge in [-0.15, -0.1) is 0 Å². The van der Waals surface area contributed by atoms with Crippen molar-refractivity contribution < 1.29 is 4.48 Å². The molecule has 2 heteroatoms. The van der Waals surface area contributed by atoms with Crippen LogP contribution in [0.4, 0.5) is 0 Å². The SMILES string of the molecule is CC[N+](CC)(CC)CC1(c2ccccc2)CC1.CN(C)CC1(c2ccccc2)CCC1. The summed E-state index contributed by atoms with van der Waals surface area (Å²) in [5.41, 5.74) is 4.06. The zero-order valence-corrected chi connectivity index (χ0v) is 20.7. The minimum absolute atomic E-state index is 0.463. The topological polar surface area (TPSA) is 3.24 Å². The summed E-state index contributed by atoms with van der Waals surface area (Å²) < 4.78 is 1.27. The molecule has 0 aliphatic heterocycles. The van der Waals surface area contributed by atoms with Gasteiger partial charge in [-0.2, -0.15) is 0 Å². The summed E-state index contributed by atoms with van der Waals surface area (Å²) in [6.45, 7) is 13.3. The van der Waals surface area contributed by atoms with Gasteiger partial charge in [-0.3, -0.25) is 0 Å². The van der Waals surface area contributed by atoms with Crippen LogP contribution in [-0.4, -0.2) is 56.2 Å². The van der Waals surface area contributed by atoms with Crippen LogP contribution in [0.2, 0.25) is 0 Å². The first-order valence-electron chi connectivity index (χ1n) is 12.5. The van der Waals surface area contributed by atoms with Gasteiger partial charge in [-0.25, -0.2) is 0 Å². The largest absolute Gasteiger partial charge is 0.324 e. The molecule has 0 amide bonds. The highest BCUT2D eigenvalue weighted by molar-refractivity contribution is 5.31. The Morgan fingerprint density at radius 2 is 1.13 bits per heavy atom. The highest BCUT2D eigenvalue weighted by Gasteiger charge is 2.49. The van der Waals surface area contributed by atoms with Gasteiger partial charge in [-0.05, 0) is 71.7 Å². The molecule has 0 radical (unpaired) electrons. The van der Waals surface area contributed by atoms with Crippen LogP contribution in [0.1, 0.15) is 64.0 Å². The Bertz CT molecular complexity index is 761. The average Bonchev–Trinajstić information content (AvgIpc) is 3.57. The lowest BCUT2D eigenvalue weighted by molar-refractivity contribution is -0.925. The Hall–Kier alpha value is -1.64. The summed E-state index contributed by atoms with van der Waals surface area (Å²) in [7, 11) is 4.34. The summed E-state index contributed by atoms with van der Waals surface area (Å²) in [5.74, 6) is 0. The molecule has 2 aromatic rings. The predicted octanol–water partition coefficient (Wildman–Crippen LogP) is 6.26. The molecule has 0 saturated heterocycles. The maximum Gasteiger partial charge on any atom is 0.0884 e. The normalized spacial score (nSPS) is 18.6. The zero-order chi connectivity index (χ0) is 22.4. The number of rotatable bonds is 9. The van der Waals surface area contributed by atoms with Crippen molar-refractivity contribution >= 4 is 0 Å². The summed E-state index contributed by atoms with van der Waals surface area (Å²) in [5, 5.41) is 0. The second-order valence-corrected chi connectivity index (χ2v) is 10.3. The van der Waals surface area contributed by atoms with Gasteiger partial charge in [0.25, 0.3) is 0 Å². The molecule has 0 aromatic heterocycles. The molecular weight excluding hydrogens is 376 g/mol. The first kappa shape index (κ1) is 24.0. The number of likely N-dealkylation sites (N-methyl/N-ethyl adjacent to an activating group) is 2. The molecule has 170 valence electrons. The Morgan fingerprint density at radius 3 is 1.45 bits per heavy atom. The smallest absolute Gasteiger partial charge is 0.0884 e. The van der Waals surface area contributed by atoms with Crippen LogP contribution >= 0.6 is 0 Å². The van der Waals surface area contributed by atoms with Crippen molar-refractivity contribution in [2.75, 3.05) is 46.8 Å². The van der Waals surface area contributed by atoms with E-state index < -0.39 is 0 Å². The van der Waals surface area contributed by atoms with Gasteiger partial charge < -0.3 is 9.38 Å². The molecule has 0 unspecified atom stereocenters. The van der Waals surface area contributed by atoms with Crippen LogP contribution in [0.25, 0.3) is 0 Å². The monoisotopic (exact) mass is 421 g/mol. The number of quaternary nitrogens is 1. The molecule has 2 saturated carbocycles. The fraction of sp³-hybridized carbons (Fsp3) is 0.586. The van der Waals surface area contributed by atoms with Crippen molar-refractivity contribution in [1.82, 2.24) is 4.90 Å². The maximum atomic E-state index is 2.34. The molecular formula is C29H45N2+. The molecule has 0 heterocycles. The molecule has 4 rings (SSSR count). The van der Waals surface area contributed by atoms with E-state index >= 15 is 0 Å². The second kappa shape index (κ2) is 10.3. The van der Waals surface area contributed by atoms with Gasteiger partial charge in [0.2, 0.25) is 0 Å². The maximum absolute atomic E-state index is 2.34. The third kappa shape index (κ3) is 5.59. The predicted molar refractivity (Wildman–Crippen MR) is 135 cm³/mol. The minimum atomic E-state index is 0.463. The van der Waals surface area contributed by atoms with Gasteiger partial charge in [-0.1, -0.05) is 67.1 Å².